The minimum absolute atomic E-state index is 0.0111. The van der Waals surface area contributed by atoms with Crippen molar-refractivity contribution in [2.75, 3.05) is 13.2 Å². The van der Waals surface area contributed by atoms with Gasteiger partial charge in [-0.1, -0.05) is 23.7 Å². The molecule has 5 heteroatoms. The molecule has 112 valence electrons. The van der Waals surface area contributed by atoms with Crippen molar-refractivity contribution in [1.82, 2.24) is 0 Å². The fraction of sp³-hybridized carbons (Fsp3) is 0.118. The molecule has 0 amide bonds. The number of benzene rings is 2. The molecule has 1 heterocycles. The van der Waals surface area contributed by atoms with Crippen molar-refractivity contribution in [2.24, 2.45) is 0 Å². The van der Waals surface area contributed by atoms with Gasteiger partial charge in [0.25, 0.3) is 0 Å². The Kier molecular flexibility index (Phi) is 4.02. The number of hydrogen-bond donors (Lipinski definition) is 1. The molecule has 0 saturated heterocycles. The monoisotopic (exact) mass is 316 g/mol. The van der Waals surface area contributed by atoms with Gasteiger partial charge in [-0.3, -0.25) is 4.79 Å². The van der Waals surface area contributed by atoms with Crippen molar-refractivity contribution >= 4 is 23.5 Å². The number of rotatable bonds is 3. The van der Waals surface area contributed by atoms with Crippen LogP contribution in [0.2, 0.25) is 5.02 Å². The minimum Gasteiger partial charge on any atom is -0.506 e. The fourth-order valence-electron chi connectivity index (χ4n) is 2.09. The summed E-state index contributed by atoms with van der Waals surface area (Å²) in [4.78, 5) is 12.2. The Morgan fingerprint density at radius 1 is 1.09 bits per heavy atom. The highest BCUT2D eigenvalue weighted by atomic mass is 35.5. The summed E-state index contributed by atoms with van der Waals surface area (Å²) in [7, 11) is 0. The van der Waals surface area contributed by atoms with Gasteiger partial charge in [-0.05, 0) is 42.0 Å². The largest absolute Gasteiger partial charge is 0.506 e. The number of allylic oxidation sites excluding steroid dienone is 1. The Labute approximate surface area is 132 Å². The van der Waals surface area contributed by atoms with E-state index in [1.807, 2.05) is 0 Å². The summed E-state index contributed by atoms with van der Waals surface area (Å²) in [6.45, 7) is 0.994. The van der Waals surface area contributed by atoms with Crippen LogP contribution in [0.3, 0.4) is 0 Å². The maximum atomic E-state index is 12.2. The zero-order valence-corrected chi connectivity index (χ0v) is 12.3. The highest BCUT2D eigenvalue weighted by Gasteiger charge is 2.13. The Bertz CT molecular complexity index is 752. The standard InChI is InChI=1S/C17H13ClO4/c18-13-9-11(2-5-15(13)20)1-4-14(19)12-3-6-16-17(10-12)22-8-7-21-16/h1-6,9-10,20H,7-8H2. The first kappa shape index (κ1) is 14.5. The highest BCUT2D eigenvalue weighted by molar-refractivity contribution is 6.32. The lowest BCUT2D eigenvalue weighted by molar-refractivity contribution is 0.104. The van der Waals surface area contributed by atoms with E-state index in [1.54, 1.807) is 36.4 Å². The van der Waals surface area contributed by atoms with Gasteiger partial charge in [0.1, 0.15) is 19.0 Å². The molecule has 1 aliphatic heterocycles. The van der Waals surface area contributed by atoms with Gasteiger partial charge in [0, 0.05) is 5.56 Å². The van der Waals surface area contributed by atoms with Crippen LogP contribution in [-0.4, -0.2) is 24.1 Å². The van der Waals surface area contributed by atoms with Crippen LogP contribution in [0.5, 0.6) is 17.2 Å². The van der Waals surface area contributed by atoms with E-state index in [0.717, 1.165) is 5.56 Å². The van der Waals surface area contributed by atoms with Crippen LogP contribution in [-0.2, 0) is 0 Å². The average molecular weight is 317 g/mol. The van der Waals surface area contributed by atoms with Gasteiger partial charge >= 0.3 is 0 Å². The third-order valence-corrected chi connectivity index (χ3v) is 3.53. The molecule has 0 spiro atoms. The molecule has 0 aliphatic carbocycles. The molecule has 4 nitrogen and oxygen atoms in total. The molecule has 0 unspecified atom stereocenters. The molecule has 0 aromatic heterocycles. The zero-order valence-electron chi connectivity index (χ0n) is 11.6. The van der Waals surface area contributed by atoms with Crippen molar-refractivity contribution in [3.05, 3.63) is 58.6 Å². The lowest BCUT2D eigenvalue weighted by Gasteiger charge is -2.18. The summed E-state index contributed by atoms with van der Waals surface area (Å²) >= 11 is 5.83. The van der Waals surface area contributed by atoms with Crippen molar-refractivity contribution < 1.29 is 19.4 Å². The summed E-state index contributed by atoms with van der Waals surface area (Å²) in [6.07, 6.45) is 3.10. The summed E-state index contributed by atoms with van der Waals surface area (Å²) in [5.74, 6) is 1.09. The predicted molar refractivity (Wildman–Crippen MR) is 83.9 cm³/mol. The fourth-order valence-corrected chi connectivity index (χ4v) is 2.28. The molecule has 0 bridgehead atoms. The van der Waals surface area contributed by atoms with Gasteiger partial charge in [0.05, 0.1) is 5.02 Å². The van der Waals surface area contributed by atoms with Crippen LogP contribution < -0.4 is 9.47 Å². The topological polar surface area (TPSA) is 55.8 Å². The van der Waals surface area contributed by atoms with E-state index in [9.17, 15) is 9.90 Å². The molecular weight excluding hydrogens is 304 g/mol. The number of aromatic hydroxyl groups is 1. The predicted octanol–water partition coefficient (Wildman–Crippen LogP) is 3.71. The van der Waals surface area contributed by atoms with Gasteiger partial charge in [-0.15, -0.1) is 0 Å². The van der Waals surface area contributed by atoms with Crippen molar-refractivity contribution in [3.63, 3.8) is 0 Å². The van der Waals surface area contributed by atoms with Crippen molar-refractivity contribution in [2.45, 2.75) is 0 Å². The molecule has 0 radical (unpaired) electrons. The van der Waals surface area contributed by atoms with E-state index in [-0.39, 0.29) is 16.6 Å². The van der Waals surface area contributed by atoms with Gasteiger partial charge < -0.3 is 14.6 Å². The normalized spacial score (nSPS) is 13.3. The zero-order chi connectivity index (χ0) is 15.5. The molecule has 0 atom stereocenters. The van der Waals surface area contributed by atoms with Crippen LogP contribution in [0.15, 0.2) is 42.5 Å². The number of phenolic OH excluding ortho intramolecular Hbond substituents is 1. The lowest BCUT2D eigenvalue weighted by atomic mass is 10.1. The number of ether oxygens (including phenoxy) is 2. The maximum absolute atomic E-state index is 12.2. The molecule has 3 rings (SSSR count). The minimum atomic E-state index is -0.152. The number of carbonyl (C=O) groups is 1. The van der Waals surface area contributed by atoms with Crippen LogP contribution in [0.25, 0.3) is 6.08 Å². The number of carbonyl (C=O) groups excluding carboxylic acids is 1. The quantitative estimate of drug-likeness (QED) is 0.692. The maximum Gasteiger partial charge on any atom is 0.185 e. The van der Waals surface area contributed by atoms with Crippen molar-refractivity contribution in [3.8, 4) is 17.2 Å². The van der Waals surface area contributed by atoms with Crippen molar-refractivity contribution in [1.29, 1.82) is 0 Å². The molecule has 0 fully saturated rings. The second kappa shape index (κ2) is 6.12. The van der Waals surface area contributed by atoms with Crippen LogP contribution >= 0.6 is 11.6 Å². The first-order chi connectivity index (χ1) is 10.6. The Hall–Kier alpha value is -2.46. The first-order valence-electron chi connectivity index (χ1n) is 6.74. The summed E-state index contributed by atoms with van der Waals surface area (Å²) in [6, 6.07) is 9.85. The Balaban J connectivity index is 1.79. The molecule has 0 saturated carbocycles. The van der Waals surface area contributed by atoms with E-state index in [4.69, 9.17) is 21.1 Å². The smallest absolute Gasteiger partial charge is 0.185 e. The Morgan fingerprint density at radius 3 is 2.64 bits per heavy atom. The molecule has 22 heavy (non-hydrogen) atoms. The third kappa shape index (κ3) is 3.07. The van der Waals surface area contributed by atoms with Gasteiger partial charge in [0.15, 0.2) is 17.3 Å². The van der Waals surface area contributed by atoms with Gasteiger partial charge in [-0.25, -0.2) is 0 Å². The third-order valence-electron chi connectivity index (χ3n) is 3.23. The van der Waals surface area contributed by atoms with Crippen LogP contribution in [0, 0.1) is 0 Å². The molecule has 1 aliphatic rings. The number of halogens is 1. The molecular formula is C17H13ClO4. The first-order valence-corrected chi connectivity index (χ1v) is 7.12. The SMILES string of the molecule is O=C(C=Cc1ccc(O)c(Cl)c1)c1ccc2c(c1)OCCO2. The average Bonchev–Trinajstić information content (AvgIpc) is 2.55. The van der Waals surface area contributed by atoms with Crippen LogP contribution in [0.1, 0.15) is 15.9 Å². The second-order valence-electron chi connectivity index (χ2n) is 4.77. The summed E-state index contributed by atoms with van der Waals surface area (Å²) in [5, 5.41) is 9.61. The number of fused-ring (bicyclic) bond motifs is 1. The van der Waals surface area contributed by atoms with E-state index in [1.165, 1.54) is 12.1 Å². The number of hydrogen-bond acceptors (Lipinski definition) is 4. The number of phenols is 1. The highest BCUT2D eigenvalue weighted by Crippen LogP contribution is 2.31. The number of ketones is 1. The summed E-state index contributed by atoms with van der Waals surface area (Å²) in [5.41, 5.74) is 1.25. The Morgan fingerprint density at radius 2 is 1.86 bits per heavy atom. The van der Waals surface area contributed by atoms with E-state index in [2.05, 4.69) is 0 Å². The van der Waals surface area contributed by atoms with Gasteiger partial charge in [0.2, 0.25) is 0 Å². The molecule has 2 aromatic rings. The lowest BCUT2D eigenvalue weighted by Crippen LogP contribution is -2.15. The van der Waals surface area contributed by atoms with Gasteiger partial charge in [-0.2, -0.15) is 0 Å². The van der Waals surface area contributed by atoms with E-state index < -0.39 is 0 Å². The van der Waals surface area contributed by atoms with Crippen LogP contribution in [0.4, 0.5) is 0 Å². The molecule has 1 N–H and O–H groups in total. The molecule has 2 aromatic carbocycles. The second-order valence-corrected chi connectivity index (χ2v) is 5.17. The summed E-state index contributed by atoms with van der Waals surface area (Å²) < 4.78 is 10.9. The van der Waals surface area contributed by atoms with E-state index >= 15 is 0 Å². The van der Waals surface area contributed by atoms with E-state index in [0.29, 0.717) is 30.3 Å².